The fourth-order valence-corrected chi connectivity index (χ4v) is 0.430. The van der Waals surface area contributed by atoms with Gasteiger partial charge < -0.3 is 10.6 Å². The number of hydroxylamine groups is 2. The van der Waals surface area contributed by atoms with Crippen molar-refractivity contribution in [3.05, 3.63) is 24.2 Å². The molecular formula is C7H14N2O. The molecule has 0 saturated heterocycles. The summed E-state index contributed by atoms with van der Waals surface area (Å²) in [5, 5.41) is 1.49. The molecule has 1 heterocycles. The lowest BCUT2D eigenvalue weighted by atomic mass is 10.5. The van der Waals surface area contributed by atoms with Crippen molar-refractivity contribution in [2.45, 2.75) is 13.8 Å². The molecule has 3 heteroatoms. The third kappa shape index (κ3) is 2.44. The Kier molecular flexibility index (Phi) is 4.20. The number of nitrogens with zero attached hydrogens (tertiary/aromatic N) is 1. The van der Waals surface area contributed by atoms with Crippen LogP contribution in [-0.4, -0.2) is 12.1 Å². The molecule has 10 heavy (non-hydrogen) atoms. The maximum Gasteiger partial charge on any atom is 0.134 e. The summed E-state index contributed by atoms with van der Waals surface area (Å²) in [7, 11) is 1.75. The van der Waals surface area contributed by atoms with Gasteiger partial charge in [-0.3, -0.25) is 0 Å². The third-order valence-electron chi connectivity index (χ3n) is 0.928. The second-order valence-electron chi connectivity index (χ2n) is 1.52. The van der Waals surface area contributed by atoms with E-state index >= 15 is 0 Å². The van der Waals surface area contributed by atoms with Gasteiger partial charge in [0.25, 0.3) is 0 Å². The minimum absolute atomic E-state index is 0.618. The minimum Gasteiger partial charge on any atom is -0.386 e. The fraction of sp³-hybridized carbons (Fsp3) is 0.429. The summed E-state index contributed by atoms with van der Waals surface area (Å²) >= 11 is 0. The fourth-order valence-electron chi connectivity index (χ4n) is 0.430. The SMILES string of the molecule is CC.CN1OC=CC=C1N. The summed E-state index contributed by atoms with van der Waals surface area (Å²) in [6.45, 7) is 4.00. The van der Waals surface area contributed by atoms with Crippen LogP contribution in [-0.2, 0) is 4.84 Å². The maximum atomic E-state index is 5.39. The molecule has 2 N–H and O–H groups in total. The van der Waals surface area contributed by atoms with Gasteiger partial charge in [0.2, 0.25) is 0 Å². The van der Waals surface area contributed by atoms with Gasteiger partial charge in [0, 0.05) is 7.05 Å². The van der Waals surface area contributed by atoms with Gasteiger partial charge in [0.15, 0.2) is 0 Å². The van der Waals surface area contributed by atoms with Crippen molar-refractivity contribution in [2.24, 2.45) is 5.73 Å². The van der Waals surface area contributed by atoms with E-state index in [0.29, 0.717) is 5.82 Å². The van der Waals surface area contributed by atoms with E-state index in [4.69, 9.17) is 10.6 Å². The Hall–Kier alpha value is -1.12. The molecule has 0 aliphatic carbocycles. The van der Waals surface area contributed by atoms with Gasteiger partial charge in [-0.05, 0) is 12.2 Å². The van der Waals surface area contributed by atoms with Crippen molar-refractivity contribution in [3.63, 3.8) is 0 Å². The molecule has 0 aromatic rings. The molecule has 0 saturated carbocycles. The van der Waals surface area contributed by atoms with E-state index in [2.05, 4.69) is 0 Å². The lowest BCUT2D eigenvalue weighted by Crippen LogP contribution is -2.23. The van der Waals surface area contributed by atoms with Gasteiger partial charge >= 0.3 is 0 Å². The van der Waals surface area contributed by atoms with Gasteiger partial charge in [-0.15, -0.1) is 0 Å². The zero-order valence-electron chi connectivity index (χ0n) is 6.66. The smallest absolute Gasteiger partial charge is 0.134 e. The highest BCUT2D eigenvalue weighted by Crippen LogP contribution is 2.00. The van der Waals surface area contributed by atoms with E-state index in [-0.39, 0.29) is 0 Å². The van der Waals surface area contributed by atoms with Crippen LogP contribution in [0.4, 0.5) is 0 Å². The Morgan fingerprint density at radius 3 is 2.40 bits per heavy atom. The Bertz CT molecular complexity index is 141. The standard InChI is InChI=1S/C5H8N2O.C2H6/c1-7-5(6)3-2-4-8-7;1-2/h2-4H,6H2,1H3;1-2H3. The molecule has 0 unspecified atom stereocenters. The molecule has 0 atom stereocenters. The second-order valence-corrected chi connectivity index (χ2v) is 1.52. The van der Waals surface area contributed by atoms with Gasteiger partial charge in [0.05, 0.1) is 0 Å². The summed E-state index contributed by atoms with van der Waals surface area (Å²) in [5.41, 5.74) is 5.39. The van der Waals surface area contributed by atoms with E-state index in [9.17, 15) is 0 Å². The lowest BCUT2D eigenvalue weighted by molar-refractivity contribution is -0.0498. The first-order valence-electron chi connectivity index (χ1n) is 3.33. The predicted octanol–water partition coefficient (Wildman–Crippen LogP) is 1.20. The first-order chi connectivity index (χ1) is 4.80. The van der Waals surface area contributed by atoms with E-state index in [1.54, 1.807) is 25.5 Å². The second kappa shape index (κ2) is 4.73. The number of rotatable bonds is 0. The van der Waals surface area contributed by atoms with Crippen LogP contribution in [0.1, 0.15) is 13.8 Å². The normalized spacial score (nSPS) is 14.7. The summed E-state index contributed by atoms with van der Waals surface area (Å²) in [6, 6.07) is 0. The van der Waals surface area contributed by atoms with Crippen molar-refractivity contribution in [3.8, 4) is 0 Å². The molecule has 0 radical (unpaired) electrons. The van der Waals surface area contributed by atoms with Crippen molar-refractivity contribution in [1.82, 2.24) is 5.06 Å². The minimum atomic E-state index is 0.618. The van der Waals surface area contributed by atoms with Crippen LogP contribution in [0.25, 0.3) is 0 Å². The summed E-state index contributed by atoms with van der Waals surface area (Å²) in [4.78, 5) is 4.85. The Balaban J connectivity index is 0.000000371. The predicted molar refractivity (Wildman–Crippen MR) is 41.6 cm³/mol. The largest absolute Gasteiger partial charge is 0.386 e. The van der Waals surface area contributed by atoms with Crippen LogP contribution in [0.5, 0.6) is 0 Å². The topological polar surface area (TPSA) is 38.5 Å². The van der Waals surface area contributed by atoms with E-state index < -0.39 is 0 Å². The third-order valence-corrected chi connectivity index (χ3v) is 0.928. The zero-order chi connectivity index (χ0) is 7.98. The Labute approximate surface area is 61.7 Å². The van der Waals surface area contributed by atoms with E-state index in [1.165, 1.54) is 5.06 Å². The molecule has 1 aliphatic heterocycles. The number of hydrogen-bond donors (Lipinski definition) is 1. The van der Waals surface area contributed by atoms with Crippen LogP contribution in [0.2, 0.25) is 0 Å². The van der Waals surface area contributed by atoms with Crippen LogP contribution < -0.4 is 5.73 Å². The molecular weight excluding hydrogens is 128 g/mol. The average Bonchev–Trinajstić information content (AvgIpc) is 2.00. The van der Waals surface area contributed by atoms with Crippen molar-refractivity contribution in [2.75, 3.05) is 7.05 Å². The number of allylic oxidation sites excluding steroid dienone is 2. The van der Waals surface area contributed by atoms with Crippen LogP contribution in [0.3, 0.4) is 0 Å². The quantitative estimate of drug-likeness (QED) is 0.552. The van der Waals surface area contributed by atoms with Gasteiger partial charge in [0.1, 0.15) is 12.1 Å². The average molecular weight is 142 g/mol. The number of nitrogens with two attached hydrogens (primary N) is 1. The highest BCUT2D eigenvalue weighted by Gasteiger charge is 1.98. The lowest BCUT2D eigenvalue weighted by Gasteiger charge is -2.18. The van der Waals surface area contributed by atoms with Gasteiger partial charge in [-0.25, -0.2) is 0 Å². The van der Waals surface area contributed by atoms with Crippen molar-refractivity contribution < 1.29 is 4.84 Å². The van der Waals surface area contributed by atoms with Crippen molar-refractivity contribution in [1.29, 1.82) is 0 Å². The molecule has 0 aromatic carbocycles. The maximum absolute atomic E-state index is 5.39. The zero-order valence-corrected chi connectivity index (χ0v) is 6.66. The molecule has 0 spiro atoms. The summed E-state index contributed by atoms with van der Waals surface area (Å²) in [6.07, 6.45) is 5.08. The molecule has 58 valence electrons. The molecule has 1 aliphatic rings. The summed E-state index contributed by atoms with van der Waals surface area (Å²) in [5.74, 6) is 0.618. The molecule has 1 rings (SSSR count). The Morgan fingerprint density at radius 1 is 1.50 bits per heavy atom. The van der Waals surface area contributed by atoms with E-state index in [0.717, 1.165) is 0 Å². The molecule has 3 nitrogen and oxygen atoms in total. The number of hydrogen-bond acceptors (Lipinski definition) is 3. The summed E-state index contributed by atoms with van der Waals surface area (Å²) < 4.78 is 0. The first kappa shape index (κ1) is 8.88. The highest BCUT2D eigenvalue weighted by atomic mass is 16.7. The first-order valence-corrected chi connectivity index (χ1v) is 3.33. The molecule has 0 fully saturated rings. The van der Waals surface area contributed by atoms with Crippen LogP contribution >= 0.6 is 0 Å². The van der Waals surface area contributed by atoms with Gasteiger partial charge in [-0.2, -0.15) is 5.06 Å². The van der Waals surface area contributed by atoms with Crippen molar-refractivity contribution >= 4 is 0 Å². The molecule has 0 aromatic heterocycles. The monoisotopic (exact) mass is 142 g/mol. The molecule has 0 amide bonds. The Morgan fingerprint density at radius 2 is 2.10 bits per heavy atom. The van der Waals surface area contributed by atoms with E-state index in [1.807, 2.05) is 13.8 Å². The highest BCUT2D eigenvalue weighted by molar-refractivity contribution is 5.08. The molecule has 0 bridgehead atoms. The van der Waals surface area contributed by atoms with Crippen LogP contribution in [0.15, 0.2) is 24.2 Å². The van der Waals surface area contributed by atoms with Gasteiger partial charge in [-0.1, -0.05) is 13.8 Å². The van der Waals surface area contributed by atoms with Crippen LogP contribution in [0, 0.1) is 0 Å².